The van der Waals surface area contributed by atoms with Crippen LogP contribution in [0.2, 0.25) is 0 Å². The van der Waals surface area contributed by atoms with Crippen LogP contribution in [0.4, 0.5) is 26.3 Å². The van der Waals surface area contributed by atoms with Gasteiger partial charge in [-0.1, -0.05) is 6.07 Å². The monoisotopic (exact) mass is 338 g/mol. The Morgan fingerprint density at radius 2 is 1.83 bits per heavy atom. The van der Waals surface area contributed by atoms with E-state index >= 15 is 0 Å². The Morgan fingerprint density at radius 3 is 2.43 bits per heavy atom. The molecule has 0 spiro atoms. The van der Waals surface area contributed by atoms with Crippen LogP contribution in [0.3, 0.4) is 0 Å². The van der Waals surface area contributed by atoms with Gasteiger partial charge in [0.05, 0.1) is 17.8 Å². The number of benzene rings is 1. The van der Waals surface area contributed by atoms with Crippen LogP contribution in [0.25, 0.3) is 11.5 Å². The zero-order valence-corrected chi connectivity index (χ0v) is 11.8. The molecule has 126 valence electrons. The van der Waals surface area contributed by atoms with Gasteiger partial charge in [-0.05, 0) is 25.1 Å². The van der Waals surface area contributed by atoms with Crippen molar-refractivity contribution < 1.29 is 30.8 Å². The topological polar surface area (TPSA) is 38.1 Å². The molecule has 0 aliphatic rings. The van der Waals surface area contributed by atoms with Crippen molar-refractivity contribution in [3.05, 3.63) is 41.3 Å². The van der Waals surface area contributed by atoms with Gasteiger partial charge in [-0.3, -0.25) is 0 Å². The number of hydrogen-bond donors (Lipinski definition) is 1. The highest BCUT2D eigenvalue weighted by Gasteiger charge is 2.31. The Hall–Kier alpha value is -2.03. The molecule has 3 nitrogen and oxygen atoms in total. The molecule has 1 heterocycles. The van der Waals surface area contributed by atoms with Gasteiger partial charge in [-0.2, -0.15) is 26.3 Å². The smallest absolute Gasteiger partial charge is 0.416 e. The Kier molecular flexibility index (Phi) is 4.69. The highest BCUT2D eigenvalue weighted by atomic mass is 19.4. The molecule has 0 fully saturated rings. The minimum Gasteiger partial charge on any atom is -0.441 e. The van der Waals surface area contributed by atoms with Crippen molar-refractivity contribution in [1.29, 1.82) is 0 Å². The zero-order valence-electron chi connectivity index (χ0n) is 11.8. The summed E-state index contributed by atoms with van der Waals surface area (Å²) in [4.78, 5) is 3.96. The predicted molar refractivity (Wildman–Crippen MR) is 69.4 cm³/mol. The molecular formula is C14H12F6N2O. The summed E-state index contributed by atoms with van der Waals surface area (Å²) < 4.78 is 79.5. The van der Waals surface area contributed by atoms with Crippen molar-refractivity contribution in [2.45, 2.75) is 25.8 Å². The summed E-state index contributed by atoms with van der Waals surface area (Å²) in [5, 5.41) is 2.16. The second-order valence-electron chi connectivity index (χ2n) is 4.82. The van der Waals surface area contributed by atoms with Gasteiger partial charge >= 0.3 is 12.4 Å². The van der Waals surface area contributed by atoms with Gasteiger partial charge in [0.25, 0.3) is 0 Å². The molecule has 0 saturated carbocycles. The average Bonchev–Trinajstić information content (AvgIpc) is 2.78. The zero-order chi connectivity index (χ0) is 17.3. The van der Waals surface area contributed by atoms with Crippen LogP contribution in [-0.4, -0.2) is 17.7 Å². The summed E-state index contributed by atoms with van der Waals surface area (Å²) in [6.45, 7) is 0.0840. The summed E-state index contributed by atoms with van der Waals surface area (Å²) >= 11 is 0. The Morgan fingerprint density at radius 1 is 1.13 bits per heavy atom. The molecule has 1 aromatic carbocycles. The fourth-order valence-electron chi connectivity index (χ4n) is 1.87. The molecule has 23 heavy (non-hydrogen) atoms. The molecule has 0 aliphatic carbocycles. The first kappa shape index (κ1) is 17.3. The standard InChI is InChI=1S/C14H12F6N2O/c1-8-11(6-21-7-13(15,16)17)22-12(23-8)9-3-2-4-10(5-9)14(18,19)20/h2-5,21H,6-7H2,1H3. The SMILES string of the molecule is Cc1oc(-c2cccc(C(F)(F)F)c2)nc1CNCC(F)(F)F. The van der Waals surface area contributed by atoms with Crippen LogP contribution in [0.15, 0.2) is 28.7 Å². The number of aryl methyl sites for hydroxylation is 1. The van der Waals surface area contributed by atoms with Gasteiger partial charge in [0, 0.05) is 12.1 Å². The highest BCUT2D eigenvalue weighted by molar-refractivity contribution is 5.55. The van der Waals surface area contributed by atoms with E-state index in [4.69, 9.17) is 4.42 Å². The molecule has 0 aliphatic heterocycles. The van der Waals surface area contributed by atoms with E-state index < -0.39 is 24.5 Å². The lowest BCUT2D eigenvalue weighted by molar-refractivity contribution is -0.137. The number of hydrogen-bond acceptors (Lipinski definition) is 3. The van der Waals surface area contributed by atoms with E-state index in [1.807, 2.05) is 0 Å². The predicted octanol–water partition coefficient (Wildman–Crippen LogP) is 4.32. The van der Waals surface area contributed by atoms with Gasteiger partial charge < -0.3 is 9.73 Å². The van der Waals surface area contributed by atoms with E-state index in [1.165, 1.54) is 19.1 Å². The lowest BCUT2D eigenvalue weighted by Crippen LogP contribution is -2.28. The van der Waals surface area contributed by atoms with Crippen molar-refractivity contribution in [3.63, 3.8) is 0 Å². The molecule has 0 radical (unpaired) electrons. The number of rotatable bonds is 4. The van der Waals surface area contributed by atoms with Crippen molar-refractivity contribution in [1.82, 2.24) is 10.3 Å². The summed E-state index contributed by atoms with van der Waals surface area (Å²) in [6, 6.07) is 4.37. The van der Waals surface area contributed by atoms with Crippen molar-refractivity contribution in [2.24, 2.45) is 0 Å². The molecule has 0 saturated heterocycles. The maximum atomic E-state index is 12.7. The maximum absolute atomic E-state index is 12.7. The number of oxazole rings is 1. The van der Waals surface area contributed by atoms with E-state index in [0.717, 1.165) is 12.1 Å². The fourth-order valence-corrected chi connectivity index (χ4v) is 1.87. The quantitative estimate of drug-likeness (QED) is 0.844. The first-order chi connectivity index (χ1) is 10.6. The van der Waals surface area contributed by atoms with E-state index in [0.29, 0.717) is 0 Å². The fraction of sp³-hybridized carbons (Fsp3) is 0.357. The molecule has 1 aromatic heterocycles. The summed E-state index contributed by atoms with van der Waals surface area (Å²) in [5.74, 6) is 0.171. The molecule has 0 unspecified atom stereocenters. The molecular weight excluding hydrogens is 326 g/mol. The third-order valence-electron chi connectivity index (χ3n) is 2.95. The van der Waals surface area contributed by atoms with E-state index in [-0.39, 0.29) is 29.5 Å². The Labute approximate surface area is 127 Å². The van der Waals surface area contributed by atoms with E-state index in [9.17, 15) is 26.3 Å². The molecule has 2 aromatic rings. The van der Waals surface area contributed by atoms with Crippen molar-refractivity contribution in [3.8, 4) is 11.5 Å². The average molecular weight is 338 g/mol. The molecule has 2 rings (SSSR count). The first-order valence-corrected chi connectivity index (χ1v) is 6.47. The van der Waals surface area contributed by atoms with Gasteiger partial charge in [-0.15, -0.1) is 0 Å². The largest absolute Gasteiger partial charge is 0.441 e. The van der Waals surface area contributed by atoms with Gasteiger partial charge in [0.15, 0.2) is 0 Å². The summed E-state index contributed by atoms with van der Waals surface area (Å²) in [5.41, 5.74) is -0.547. The molecule has 1 N–H and O–H groups in total. The van der Waals surface area contributed by atoms with Gasteiger partial charge in [0.2, 0.25) is 5.89 Å². The Balaban J connectivity index is 2.18. The lowest BCUT2D eigenvalue weighted by Gasteiger charge is -2.07. The molecule has 0 amide bonds. The van der Waals surface area contributed by atoms with E-state index in [1.54, 1.807) is 0 Å². The second kappa shape index (κ2) is 6.23. The van der Waals surface area contributed by atoms with Crippen molar-refractivity contribution >= 4 is 0 Å². The normalized spacial score (nSPS) is 12.7. The number of nitrogens with zero attached hydrogens (tertiary/aromatic N) is 1. The number of alkyl halides is 6. The number of nitrogens with one attached hydrogen (secondary N) is 1. The van der Waals surface area contributed by atoms with Crippen LogP contribution >= 0.6 is 0 Å². The Bertz CT molecular complexity index is 675. The molecule has 9 heteroatoms. The maximum Gasteiger partial charge on any atom is 0.416 e. The number of aromatic nitrogens is 1. The lowest BCUT2D eigenvalue weighted by atomic mass is 10.1. The molecule has 0 bridgehead atoms. The van der Waals surface area contributed by atoms with Crippen LogP contribution in [0.5, 0.6) is 0 Å². The van der Waals surface area contributed by atoms with E-state index in [2.05, 4.69) is 10.3 Å². The van der Waals surface area contributed by atoms with Crippen LogP contribution in [-0.2, 0) is 12.7 Å². The highest BCUT2D eigenvalue weighted by Crippen LogP contribution is 2.32. The third-order valence-corrected chi connectivity index (χ3v) is 2.95. The summed E-state index contributed by atoms with van der Waals surface area (Å²) in [6.07, 6.45) is -8.86. The van der Waals surface area contributed by atoms with Crippen LogP contribution in [0, 0.1) is 6.92 Å². The second-order valence-corrected chi connectivity index (χ2v) is 4.82. The number of halogens is 6. The minimum atomic E-state index is -4.51. The van der Waals surface area contributed by atoms with Crippen LogP contribution < -0.4 is 5.32 Å². The van der Waals surface area contributed by atoms with Gasteiger partial charge in [0.1, 0.15) is 5.76 Å². The van der Waals surface area contributed by atoms with Gasteiger partial charge in [-0.25, -0.2) is 4.98 Å². The summed E-state index contributed by atoms with van der Waals surface area (Å²) in [7, 11) is 0. The molecule has 0 atom stereocenters. The first-order valence-electron chi connectivity index (χ1n) is 6.47. The minimum absolute atomic E-state index is 0.0718. The third kappa shape index (κ3) is 4.72. The van der Waals surface area contributed by atoms with Crippen molar-refractivity contribution in [2.75, 3.05) is 6.54 Å². The van der Waals surface area contributed by atoms with Crippen LogP contribution in [0.1, 0.15) is 17.0 Å².